The number of carbonyl (C=O) groups is 2. The first kappa shape index (κ1) is 14.3. The van der Waals surface area contributed by atoms with E-state index in [4.69, 9.17) is 4.74 Å². The number of aromatic nitrogens is 1. The number of carbonyl (C=O) groups excluding carboxylic acids is 2. The van der Waals surface area contributed by atoms with E-state index < -0.39 is 5.97 Å². The fraction of sp³-hybridized carbons (Fsp3) is 0.462. The third-order valence-corrected chi connectivity index (χ3v) is 2.33. The smallest absolute Gasteiger partial charge is 0.313 e. The molecule has 0 saturated heterocycles. The van der Waals surface area contributed by atoms with Gasteiger partial charge in [-0.3, -0.25) is 19.5 Å². The third kappa shape index (κ3) is 6.10. The molecule has 5 nitrogen and oxygen atoms in total. The summed E-state index contributed by atoms with van der Waals surface area (Å²) in [5.41, 5.74) is 1.16. The van der Waals surface area contributed by atoms with E-state index in [-0.39, 0.29) is 12.2 Å². The van der Waals surface area contributed by atoms with Crippen LogP contribution >= 0.6 is 0 Å². The van der Waals surface area contributed by atoms with Gasteiger partial charge in [0.1, 0.15) is 18.8 Å². The summed E-state index contributed by atoms with van der Waals surface area (Å²) in [6, 6.07) is 3.89. The van der Waals surface area contributed by atoms with Gasteiger partial charge in [0, 0.05) is 25.5 Å². The maximum Gasteiger partial charge on any atom is 0.313 e. The Labute approximate surface area is 107 Å². The molecule has 1 rings (SSSR count). The van der Waals surface area contributed by atoms with E-state index in [1.54, 1.807) is 12.4 Å². The molecular weight excluding hydrogens is 232 g/mol. The first-order chi connectivity index (χ1) is 8.58. The van der Waals surface area contributed by atoms with Crippen LogP contribution in [0.1, 0.15) is 18.9 Å². The minimum absolute atomic E-state index is 0.145. The van der Waals surface area contributed by atoms with Gasteiger partial charge in [-0.25, -0.2) is 0 Å². The standard InChI is InChI=1S/C13H18N2O3/c1-11(16)9-13(17)18-8-7-15(2)10-12-3-5-14-6-4-12/h3-6H,7-10H2,1-2H3. The number of pyridine rings is 1. The third-order valence-electron chi connectivity index (χ3n) is 2.33. The van der Waals surface area contributed by atoms with Crippen LogP contribution in [0.2, 0.25) is 0 Å². The van der Waals surface area contributed by atoms with Gasteiger partial charge in [0.05, 0.1) is 0 Å². The molecule has 0 atom stereocenters. The molecule has 1 aromatic rings. The molecule has 1 aromatic heterocycles. The van der Waals surface area contributed by atoms with Crippen molar-refractivity contribution in [3.05, 3.63) is 30.1 Å². The van der Waals surface area contributed by atoms with E-state index in [9.17, 15) is 9.59 Å². The number of likely N-dealkylation sites (N-methyl/N-ethyl adjacent to an activating group) is 1. The van der Waals surface area contributed by atoms with Crippen LogP contribution < -0.4 is 0 Å². The molecule has 0 radical (unpaired) electrons. The summed E-state index contributed by atoms with van der Waals surface area (Å²) in [7, 11) is 1.94. The van der Waals surface area contributed by atoms with Gasteiger partial charge < -0.3 is 4.74 Å². The van der Waals surface area contributed by atoms with Gasteiger partial charge in [-0.05, 0) is 31.7 Å². The lowest BCUT2D eigenvalue weighted by atomic mass is 10.2. The molecule has 0 aliphatic carbocycles. The normalized spacial score (nSPS) is 10.4. The highest BCUT2D eigenvalue weighted by atomic mass is 16.5. The molecule has 0 fully saturated rings. The first-order valence-corrected chi connectivity index (χ1v) is 5.80. The molecular formula is C13H18N2O3. The lowest BCUT2D eigenvalue weighted by Gasteiger charge is -2.16. The number of rotatable bonds is 7. The Morgan fingerprint density at radius 3 is 2.61 bits per heavy atom. The second-order valence-corrected chi connectivity index (χ2v) is 4.19. The van der Waals surface area contributed by atoms with Crippen LogP contribution in [0.5, 0.6) is 0 Å². The van der Waals surface area contributed by atoms with Gasteiger partial charge >= 0.3 is 5.97 Å². The van der Waals surface area contributed by atoms with Crippen LogP contribution in [0.3, 0.4) is 0 Å². The largest absolute Gasteiger partial charge is 0.464 e. The quantitative estimate of drug-likeness (QED) is 0.534. The number of esters is 1. The minimum atomic E-state index is -0.459. The Balaban J connectivity index is 2.19. The van der Waals surface area contributed by atoms with E-state index in [0.717, 1.165) is 12.1 Å². The van der Waals surface area contributed by atoms with Crippen molar-refractivity contribution in [1.29, 1.82) is 0 Å². The molecule has 0 bridgehead atoms. The average Bonchev–Trinajstić information content (AvgIpc) is 2.29. The Bertz CT molecular complexity index is 392. The van der Waals surface area contributed by atoms with Crippen molar-refractivity contribution in [2.24, 2.45) is 0 Å². The second kappa shape index (κ2) is 7.55. The molecule has 0 aliphatic rings. The van der Waals surface area contributed by atoms with Gasteiger partial charge in [0.15, 0.2) is 0 Å². The van der Waals surface area contributed by atoms with Crippen molar-refractivity contribution in [1.82, 2.24) is 9.88 Å². The molecule has 0 spiro atoms. The Morgan fingerprint density at radius 2 is 2.00 bits per heavy atom. The average molecular weight is 250 g/mol. The summed E-state index contributed by atoms with van der Waals surface area (Å²) in [6.45, 7) is 3.07. The van der Waals surface area contributed by atoms with Gasteiger partial charge in [-0.1, -0.05) is 0 Å². The van der Waals surface area contributed by atoms with Crippen LogP contribution in [0.25, 0.3) is 0 Å². The van der Waals surface area contributed by atoms with E-state index in [1.165, 1.54) is 6.92 Å². The summed E-state index contributed by atoms with van der Waals surface area (Å²) in [5.74, 6) is -0.634. The minimum Gasteiger partial charge on any atom is -0.464 e. The van der Waals surface area contributed by atoms with Crippen LogP contribution in [0, 0.1) is 0 Å². The molecule has 5 heteroatoms. The fourth-order valence-corrected chi connectivity index (χ4v) is 1.45. The SMILES string of the molecule is CC(=O)CC(=O)OCCN(C)Cc1ccncc1. The van der Waals surface area contributed by atoms with E-state index >= 15 is 0 Å². The molecule has 18 heavy (non-hydrogen) atoms. The zero-order chi connectivity index (χ0) is 13.4. The van der Waals surface area contributed by atoms with E-state index in [2.05, 4.69) is 4.98 Å². The van der Waals surface area contributed by atoms with E-state index in [0.29, 0.717) is 13.2 Å². The van der Waals surface area contributed by atoms with E-state index in [1.807, 2.05) is 24.1 Å². The fourth-order valence-electron chi connectivity index (χ4n) is 1.45. The number of ketones is 1. The summed E-state index contributed by atoms with van der Waals surface area (Å²) in [5, 5.41) is 0. The van der Waals surface area contributed by atoms with Gasteiger partial charge in [0.25, 0.3) is 0 Å². The molecule has 0 aromatic carbocycles. The molecule has 0 saturated carbocycles. The van der Waals surface area contributed by atoms with Crippen molar-refractivity contribution >= 4 is 11.8 Å². The Morgan fingerprint density at radius 1 is 1.33 bits per heavy atom. The molecule has 1 heterocycles. The summed E-state index contributed by atoms with van der Waals surface area (Å²) in [6.07, 6.45) is 3.35. The number of Topliss-reactive ketones (excluding diaryl/α,β-unsaturated/α-hetero) is 1. The van der Waals surface area contributed by atoms with Crippen molar-refractivity contribution in [3.8, 4) is 0 Å². The second-order valence-electron chi connectivity index (χ2n) is 4.19. The lowest BCUT2D eigenvalue weighted by molar-refractivity contribution is -0.146. The number of hydrogen-bond donors (Lipinski definition) is 0. The zero-order valence-electron chi connectivity index (χ0n) is 10.8. The predicted molar refractivity (Wildman–Crippen MR) is 66.8 cm³/mol. The Hall–Kier alpha value is -1.75. The van der Waals surface area contributed by atoms with Gasteiger partial charge in [0.2, 0.25) is 0 Å². The maximum atomic E-state index is 11.1. The van der Waals surface area contributed by atoms with Gasteiger partial charge in [-0.15, -0.1) is 0 Å². The number of ether oxygens (including phenoxy) is 1. The van der Waals surface area contributed by atoms with Crippen LogP contribution in [-0.2, 0) is 20.9 Å². The Kier molecular flexibility index (Phi) is 6.00. The summed E-state index contributed by atoms with van der Waals surface area (Å²) >= 11 is 0. The topological polar surface area (TPSA) is 59.5 Å². The van der Waals surface area contributed by atoms with Crippen molar-refractivity contribution in [3.63, 3.8) is 0 Å². The predicted octanol–water partition coefficient (Wildman–Crippen LogP) is 1.04. The maximum absolute atomic E-state index is 11.1. The molecule has 0 amide bonds. The molecule has 0 unspecified atom stereocenters. The van der Waals surface area contributed by atoms with Crippen molar-refractivity contribution < 1.29 is 14.3 Å². The van der Waals surface area contributed by atoms with Crippen molar-refractivity contribution in [2.75, 3.05) is 20.2 Å². The van der Waals surface area contributed by atoms with Gasteiger partial charge in [-0.2, -0.15) is 0 Å². The zero-order valence-corrected chi connectivity index (χ0v) is 10.8. The number of nitrogens with zero attached hydrogens (tertiary/aromatic N) is 2. The molecule has 0 N–H and O–H groups in total. The molecule has 0 aliphatic heterocycles. The van der Waals surface area contributed by atoms with Crippen LogP contribution in [0.15, 0.2) is 24.5 Å². The highest BCUT2D eigenvalue weighted by Gasteiger charge is 2.07. The lowest BCUT2D eigenvalue weighted by Crippen LogP contribution is -2.24. The molecule has 98 valence electrons. The highest BCUT2D eigenvalue weighted by molar-refractivity contribution is 5.94. The summed E-state index contributed by atoms with van der Waals surface area (Å²) in [4.78, 5) is 27.8. The monoisotopic (exact) mass is 250 g/mol. The van der Waals surface area contributed by atoms with Crippen molar-refractivity contribution in [2.45, 2.75) is 19.9 Å². The summed E-state index contributed by atoms with van der Waals surface area (Å²) < 4.78 is 4.95. The highest BCUT2D eigenvalue weighted by Crippen LogP contribution is 2.00. The first-order valence-electron chi connectivity index (χ1n) is 5.80. The van der Waals surface area contributed by atoms with Crippen LogP contribution in [-0.4, -0.2) is 41.8 Å². The number of hydrogen-bond acceptors (Lipinski definition) is 5. The van der Waals surface area contributed by atoms with Crippen LogP contribution in [0.4, 0.5) is 0 Å².